The quantitative estimate of drug-likeness (QED) is 0.344. The average Bonchev–Trinajstić information content (AvgIpc) is 3.19. The third-order valence-electron chi connectivity index (χ3n) is 4.70. The standard InChI is InChI=1S/C22H13BrF2N4O2S/c1-2-29(22-28-19(18(10-26)32-22)11-3-5-13(24)6-4-11)17-9-16(21(30)31)27-20-14(17)7-12(23)8-15(20)25/h3-9H,2H2,1H3,(H,30,31). The van der Waals surface area contributed by atoms with Crippen LogP contribution in [0.1, 0.15) is 22.3 Å². The van der Waals surface area contributed by atoms with Crippen LogP contribution in [0.4, 0.5) is 19.6 Å². The number of anilines is 2. The number of halogens is 3. The lowest BCUT2D eigenvalue weighted by Crippen LogP contribution is -2.17. The van der Waals surface area contributed by atoms with Gasteiger partial charge in [-0.2, -0.15) is 5.26 Å². The molecule has 0 fully saturated rings. The van der Waals surface area contributed by atoms with Crippen molar-refractivity contribution < 1.29 is 18.7 Å². The van der Waals surface area contributed by atoms with Gasteiger partial charge in [-0.05, 0) is 49.4 Å². The molecule has 0 bridgehead atoms. The van der Waals surface area contributed by atoms with Crippen LogP contribution in [0.2, 0.25) is 0 Å². The predicted molar refractivity (Wildman–Crippen MR) is 121 cm³/mol. The molecule has 6 nitrogen and oxygen atoms in total. The summed E-state index contributed by atoms with van der Waals surface area (Å²) in [7, 11) is 0. The summed E-state index contributed by atoms with van der Waals surface area (Å²) in [6.07, 6.45) is 0. The number of hydrogen-bond acceptors (Lipinski definition) is 6. The van der Waals surface area contributed by atoms with Crippen molar-refractivity contribution in [1.29, 1.82) is 5.26 Å². The highest BCUT2D eigenvalue weighted by Crippen LogP contribution is 2.39. The van der Waals surface area contributed by atoms with Crippen LogP contribution in [-0.4, -0.2) is 27.6 Å². The maximum absolute atomic E-state index is 14.6. The van der Waals surface area contributed by atoms with Crippen LogP contribution < -0.4 is 4.90 Å². The van der Waals surface area contributed by atoms with Gasteiger partial charge in [-0.25, -0.2) is 23.5 Å². The number of benzene rings is 2. The van der Waals surface area contributed by atoms with E-state index >= 15 is 0 Å². The fourth-order valence-corrected chi connectivity index (χ4v) is 4.67. The molecule has 2 aromatic heterocycles. The van der Waals surface area contributed by atoms with Gasteiger partial charge >= 0.3 is 5.97 Å². The Hall–Kier alpha value is -3.42. The highest BCUT2D eigenvalue weighted by molar-refractivity contribution is 9.10. The Morgan fingerprint density at radius 2 is 1.94 bits per heavy atom. The number of rotatable bonds is 5. The summed E-state index contributed by atoms with van der Waals surface area (Å²) in [6, 6.07) is 11.9. The van der Waals surface area contributed by atoms with E-state index in [0.29, 0.717) is 43.4 Å². The van der Waals surface area contributed by atoms with Crippen LogP contribution in [0.25, 0.3) is 22.2 Å². The van der Waals surface area contributed by atoms with Crippen LogP contribution >= 0.6 is 27.3 Å². The van der Waals surface area contributed by atoms with Gasteiger partial charge in [0.15, 0.2) is 16.6 Å². The van der Waals surface area contributed by atoms with Gasteiger partial charge in [0.05, 0.1) is 5.69 Å². The third kappa shape index (κ3) is 3.92. The summed E-state index contributed by atoms with van der Waals surface area (Å²) >= 11 is 4.37. The Labute approximate surface area is 193 Å². The SMILES string of the molecule is CCN(c1nc(-c2ccc(F)cc2)c(C#N)s1)c1cc(C(=O)O)nc2c(F)cc(Br)cc12. The van der Waals surface area contributed by atoms with Crippen LogP contribution in [0.15, 0.2) is 46.9 Å². The van der Waals surface area contributed by atoms with Gasteiger partial charge in [0.2, 0.25) is 0 Å². The zero-order chi connectivity index (χ0) is 23.0. The van der Waals surface area contributed by atoms with Crippen LogP contribution in [0.5, 0.6) is 0 Å². The highest BCUT2D eigenvalue weighted by Gasteiger charge is 2.23. The van der Waals surface area contributed by atoms with E-state index in [-0.39, 0.29) is 11.2 Å². The van der Waals surface area contributed by atoms with Gasteiger partial charge in [0.1, 0.15) is 28.0 Å². The molecule has 32 heavy (non-hydrogen) atoms. The molecule has 0 aliphatic heterocycles. The number of nitrogens with zero attached hydrogens (tertiary/aromatic N) is 4. The minimum atomic E-state index is -1.30. The van der Waals surface area contributed by atoms with E-state index in [2.05, 4.69) is 32.0 Å². The summed E-state index contributed by atoms with van der Waals surface area (Å²) < 4.78 is 28.4. The molecule has 160 valence electrons. The molecule has 0 radical (unpaired) electrons. The molecule has 0 unspecified atom stereocenters. The molecule has 0 aliphatic rings. The molecular formula is C22H13BrF2N4O2S. The highest BCUT2D eigenvalue weighted by atomic mass is 79.9. The number of carboxylic acid groups (broad SMARTS) is 1. The molecule has 2 heterocycles. The Bertz CT molecular complexity index is 1400. The summed E-state index contributed by atoms with van der Waals surface area (Å²) in [5.41, 5.74) is 0.940. The predicted octanol–water partition coefficient (Wildman–Crippen LogP) is 6.13. The van der Waals surface area contributed by atoms with Crippen molar-refractivity contribution >= 4 is 55.0 Å². The largest absolute Gasteiger partial charge is 0.477 e. The third-order valence-corrected chi connectivity index (χ3v) is 6.14. The summed E-state index contributed by atoms with van der Waals surface area (Å²) in [5, 5.41) is 19.9. The second-order valence-electron chi connectivity index (χ2n) is 6.65. The van der Waals surface area contributed by atoms with E-state index in [0.717, 1.165) is 11.3 Å². The van der Waals surface area contributed by atoms with E-state index in [9.17, 15) is 23.9 Å². The first kappa shape index (κ1) is 21.8. The molecular weight excluding hydrogens is 502 g/mol. The molecule has 0 spiro atoms. The van der Waals surface area contributed by atoms with Gasteiger partial charge in [-0.1, -0.05) is 27.3 Å². The summed E-state index contributed by atoms with van der Waals surface area (Å²) in [4.78, 5) is 22.2. The lowest BCUT2D eigenvalue weighted by Gasteiger charge is -2.22. The normalized spacial score (nSPS) is 10.8. The van der Waals surface area contributed by atoms with Crippen molar-refractivity contribution in [1.82, 2.24) is 9.97 Å². The first-order valence-corrected chi connectivity index (χ1v) is 10.9. The van der Waals surface area contributed by atoms with Crippen molar-refractivity contribution in [3.63, 3.8) is 0 Å². The molecule has 0 saturated carbocycles. The molecule has 0 aliphatic carbocycles. The van der Waals surface area contributed by atoms with Crippen molar-refractivity contribution in [3.05, 3.63) is 69.1 Å². The number of hydrogen-bond donors (Lipinski definition) is 1. The zero-order valence-electron chi connectivity index (χ0n) is 16.4. The Morgan fingerprint density at radius 3 is 2.56 bits per heavy atom. The van der Waals surface area contributed by atoms with E-state index < -0.39 is 17.6 Å². The van der Waals surface area contributed by atoms with E-state index in [1.54, 1.807) is 11.0 Å². The monoisotopic (exact) mass is 514 g/mol. The number of pyridine rings is 1. The van der Waals surface area contributed by atoms with Crippen LogP contribution in [0, 0.1) is 23.0 Å². The molecule has 1 N–H and O–H groups in total. The minimum Gasteiger partial charge on any atom is -0.477 e. The fourth-order valence-electron chi connectivity index (χ4n) is 3.28. The van der Waals surface area contributed by atoms with E-state index in [1.807, 2.05) is 6.92 Å². The molecule has 4 rings (SSSR count). The number of fused-ring (bicyclic) bond motifs is 1. The van der Waals surface area contributed by atoms with E-state index in [4.69, 9.17) is 0 Å². The maximum Gasteiger partial charge on any atom is 0.354 e. The van der Waals surface area contributed by atoms with Gasteiger partial charge in [-0.3, -0.25) is 0 Å². The second kappa shape index (κ2) is 8.61. The Kier molecular flexibility index (Phi) is 5.86. The van der Waals surface area contributed by atoms with Gasteiger partial charge < -0.3 is 10.0 Å². The lowest BCUT2D eigenvalue weighted by molar-refractivity contribution is 0.0691. The van der Waals surface area contributed by atoms with Gasteiger partial charge in [0, 0.05) is 22.0 Å². The number of nitriles is 1. The molecule has 2 aromatic carbocycles. The second-order valence-corrected chi connectivity index (χ2v) is 8.55. The summed E-state index contributed by atoms with van der Waals surface area (Å²) in [6.45, 7) is 2.18. The van der Waals surface area contributed by atoms with Crippen molar-refractivity contribution in [2.24, 2.45) is 0 Å². The zero-order valence-corrected chi connectivity index (χ0v) is 18.8. The van der Waals surface area contributed by atoms with Gasteiger partial charge in [0.25, 0.3) is 0 Å². The lowest BCUT2D eigenvalue weighted by atomic mass is 10.1. The van der Waals surface area contributed by atoms with Gasteiger partial charge in [-0.15, -0.1) is 0 Å². The molecule has 0 atom stereocenters. The summed E-state index contributed by atoms with van der Waals surface area (Å²) in [5.74, 6) is -2.37. The number of carboxylic acids is 1. The van der Waals surface area contributed by atoms with Crippen molar-refractivity contribution in [2.45, 2.75) is 6.92 Å². The number of thiazole rings is 1. The number of aromatic nitrogens is 2. The average molecular weight is 515 g/mol. The minimum absolute atomic E-state index is 0.0858. The first-order valence-electron chi connectivity index (χ1n) is 9.29. The Morgan fingerprint density at radius 1 is 1.22 bits per heavy atom. The number of aromatic carboxylic acids is 1. The molecule has 0 amide bonds. The number of carbonyl (C=O) groups is 1. The smallest absolute Gasteiger partial charge is 0.354 e. The molecule has 4 aromatic rings. The Balaban J connectivity index is 1.94. The first-order chi connectivity index (χ1) is 15.3. The maximum atomic E-state index is 14.6. The van der Waals surface area contributed by atoms with Crippen LogP contribution in [-0.2, 0) is 0 Å². The van der Waals surface area contributed by atoms with E-state index in [1.165, 1.54) is 36.4 Å². The van der Waals surface area contributed by atoms with Crippen molar-refractivity contribution in [3.8, 4) is 17.3 Å². The van der Waals surface area contributed by atoms with Crippen molar-refractivity contribution in [2.75, 3.05) is 11.4 Å². The molecule has 10 heteroatoms. The van der Waals surface area contributed by atoms with Crippen LogP contribution in [0.3, 0.4) is 0 Å². The molecule has 0 saturated heterocycles. The fraction of sp³-hybridized carbons (Fsp3) is 0.0909. The topological polar surface area (TPSA) is 90.1 Å².